The summed E-state index contributed by atoms with van der Waals surface area (Å²) in [4.78, 5) is 4.53. The molecule has 0 spiro atoms. The van der Waals surface area contributed by atoms with Crippen LogP contribution in [0.4, 0.5) is 0 Å². The predicted octanol–water partition coefficient (Wildman–Crippen LogP) is 2.33. The number of terminal acetylenes is 1. The maximum absolute atomic E-state index is 5.16. The fourth-order valence-electron chi connectivity index (χ4n) is 1.40. The molecule has 0 saturated carbocycles. The summed E-state index contributed by atoms with van der Waals surface area (Å²) in [6.45, 7) is 3.42. The second-order valence-corrected chi connectivity index (χ2v) is 4.50. The molecule has 0 bridgehead atoms. The summed E-state index contributed by atoms with van der Waals surface area (Å²) in [7, 11) is 0. The minimum atomic E-state index is 0.592. The number of benzene rings is 1. The topological polar surface area (TPSA) is 24.9 Å². The molecule has 2 aromatic rings. The first-order valence-corrected chi connectivity index (χ1v) is 5.61. The van der Waals surface area contributed by atoms with Crippen molar-refractivity contribution in [1.82, 2.24) is 10.3 Å². The molecule has 2 rings (SSSR count). The zero-order valence-electron chi connectivity index (χ0n) is 8.58. The molecule has 1 aromatic carbocycles. The van der Waals surface area contributed by atoms with E-state index in [0.717, 1.165) is 17.1 Å². The van der Waals surface area contributed by atoms with Crippen LogP contribution in [0.5, 0.6) is 0 Å². The highest BCUT2D eigenvalue weighted by atomic mass is 32.1. The van der Waals surface area contributed by atoms with Crippen LogP contribution in [0.2, 0.25) is 0 Å². The quantitative estimate of drug-likeness (QED) is 0.629. The van der Waals surface area contributed by atoms with Crippen LogP contribution in [-0.2, 0) is 6.54 Å². The number of aromatic nitrogens is 1. The first kappa shape index (κ1) is 10.2. The number of hydrogen-bond acceptors (Lipinski definition) is 3. The van der Waals surface area contributed by atoms with Crippen molar-refractivity contribution in [3.05, 3.63) is 28.8 Å². The van der Waals surface area contributed by atoms with Crippen molar-refractivity contribution in [2.45, 2.75) is 13.5 Å². The van der Waals surface area contributed by atoms with Gasteiger partial charge in [-0.25, -0.2) is 4.98 Å². The average molecular weight is 216 g/mol. The van der Waals surface area contributed by atoms with Gasteiger partial charge >= 0.3 is 0 Å². The lowest BCUT2D eigenvalue weighted by molar-refractivity contribution is 0.766. The largest absolute Gasteiger partial charge is 0.300 e. The Labute approximate surface area is 93.3 Å². The third-order valence-corrected chi connectivity index (χ3v) is 3.13. The van der Waals surface area contributed by atoms with Gasteiger partial charge in [0.05, 0.1) is 16.8 Å². The maximum atomic E-state index is 5.16. The normalized spacial score (nSPS) is 10.4. The van der Waals surface area contributed by atoms with Gasteiger partial charge in [0, 0.05) is 6.54 Å². The van der Waals surface area contributed by atoms with Gasteiger partial charge in [-0.15, -0.1) is 17.8 Å². The molecule has 0 aliphatic heterocycles. The summed E-state index contributed by atoms with van der Waals surface area (Å²) in [5, 5.41) is 4.23. The molecule has 0 saturated heterocycles. The van der Waals surface area contributed by atoms with E-state index in [2.05, 4.69) is 41.3 Å². The summed E-state index contributed by atoms with van der Waals surface area (Å²) >= 11 is 1.71. The SMILES string of the molecule is C#CCNCc1nc2cc(C)ccc2s1. The van der Waals surface area contributed by atoms with Gasteiger partial charge in [-0.3, -0.25) is 5.32 Å². The van der Waals surface area contributed by atoms with Crippen molar-refractivity contribution in [2.75, 3.05) is 6.54 Å². The fourth-order valence-corrected chi connectivity index (χ4v) is 2.32. The number of fused-ring (bicyclic) bond motifs is 1. The fraction of sp³-hybridized carbons (Fsp3) is 0.250. The molecule has 15 heavy (non-hydrogen) atoms. The van der Waals surface area contributed by atoms with Crippen LogP contribution in [-0.4, -0.2) is 11.5 Å². The molecule has 0 atom stereocenters. The zero-order valence-corrected chi connectivity index (χ0v) is 9.40. The summed E-state index contributed by atoms with van der Waals surface area (Å²) < 4.78 is 1.23. The molecule has 0 aliphatic rings. The molecular formula is C12H12N2S. The Balaban J connectivity index is 2.20. The predicted molar refractivity (Wildman–Crippen MR) is 64.9 cm³/mol. The summed E-state index contributed by atoms with van der Waals surface area (Å²) in [5.74, 6) is 2.55. The van der Waals surface area contributed by atoms with Crippen LogP contribution in [0.15, 0.2) is 18.2 Å². The molecule has 1 aromatic heterocycles. The van der Waals surface area contributed by atoms with Crippen molar-refractivity contribution in [1.29, 1.82) is 0 Å². The summed E-state index contributed by atoms with van der Waals surface area (Å²) in [5.41, 5.74) is 2.33. The van der Waals surface area contributed by atoms with Crippen molar-refractivity contribution in [3.8, 4) is 12.3 Å². The third-order valence-electron chi connectivity index (χ3n) is 2.09. The lowest BCUT2D eigenvalue weighted by Gasteiger charge is -1.93. The molecule has 0 radical (unpaired) electrons. The van der Waals surface area contributed by atoms with Gasteiger partial charge < -0.3 is 0 Å². The molecule has 1 heterocycles. The van der Waals surface area contributed by atoms with E-state index in [4.69, 9.17) is 6.42 Å². The highest BCUT2D eigenvalue weighted by Gasteiger charge is 2.02. The number of aryl methyl sites for hydroxylation is 1. The smallest absolute Gasteiger partial charge is 0.108 e. The Morgan fingerprint density at radius 2 is 2.40 bits per heavy atom. The third kappa shape index (κ3) is 2.35. The van der Waals surface area contributed by atoms with Gasteiger partial charge in [0.2, 0.25) is 0 Å². The van der Waals surface area contributed by atoms with Crippen LogP contribution in [0, 0.1) is 19.3 Å². The van der Waals surface area contributed by atoms with Crippen LogP contribution < -0.4 is 5.32 Å². The van der Waals surface area contributed by atoms with E-state index in [0.29, 0.717) is 6.54 Å². The Morgan fingerprint density at radius 3 is 3.20 bits per heavy atom. The van der Waals surface area contributed by atoms with E-state index in [9.17, 15) is 0 Å². The molecule has 2 nitrogen and oxygen atoms in total. The van der Waals surface area contributed by atoms with E-state index in [1.165, 1.54) is 10.3 Å². The Kier molecular flexibility index (Phi) is 3.00. The number of nitrogens with zero attached hydrogens (tertiary/aromatic N) is 1. The second-order valence-electron chi connectivity index (χ2n) is 3.39. The van der Waals surface area contributed by atoms with Gasteiger partial charge in [0.15, 0.2) is 0 Å². The highest BCUT2D eigenvalue weighted by Crippen LogP contribution is 2.22. The monoisotopic (exact) mass is 216 g/mol. The van der Waals surface area contributed by atoms with Crippen molar-refractivity contribution >= 4 is 21.6 Å². The molecule has 76 valence electrons. The molecule has 0 unspecified atom stereocenters. The molecule has 0 fully saturated rings. The Hall–Kier alpha value is -1.37. The van der Waals surface area contributed by atoms with Crippen molar-refractivity contribution in [2.24, 2.45) is 0 Å². The van der Waals surface area contributed by atoms with E-state index in [1.807, 2.05) is 0 Å². The van der Waals surface area contributed by atoms with Gasteiger partial charge in [-0.2, -0.15) is 0 Å². The number of nitrogens with one attached hydrogen (secondary N) is 1. The van der Waals surface area contributed by atoms with E-state index in [1.54, 1.807) is 11.3 Å². The van der Waals surface area contributed by atoms with E-state index >= 15 is 0 Å². The van der Waals surface area contributed by atoms with Gasteiger partial charge in [0.1, 0.15) is 5.01 Å². The van der Waals surface area contributed by atoms with Crippen LogP contribution >= 0.6 is 11.3 Å². The molecule has 0 amide bonds. The summed E-state index contributed by atoms with van der Waals surface area (Å²) in [6, 6.07) is 6.34. The Morgan fingerprint density at radius 1 is 1.53 bits per heavy atom. The number of thiazole rings is 1. The minimum absolute atomic E-state index is 0.592. The second kappa shape index (κ2) is 4.43. The number of hydrogen-bond donors (Lipinski definition) is 1. The molecular weight excluding hydrogens is 204 g/mol. The molecule has 3 heteroatoms. The average Bonchev–Trinajstić information content (AvgIpc) is 2.60. The number of rotatable bonds is 3. The van der Waals surface area contributed by atoms with Crippen LogP contribution in [0.25, 0.3) is 10.2 Å². The Bertz CT molecular complexity index is 508. The summed E-state index contributed by atoms with van der Waals surface area (Å²) in [6.07, 6.45) is 5.16. The van der Waals surface area contributed by atoms with Crippen LogP contribution in [0.3, 0.4) is 0 Å². The minimum Gasteiger partial charge on any atom is -0.300 e. The lowest BCUT2D eigenvalue weighted by Crippen LogP contribution is -2.12. The van der Waals surface area contributed by atoms with E-state index in [-0.39, 0.29) is 0 Å². The first-order chi connectivity index (χ1) is 7.29. The van der Waals surface area contributed by atoms with Crippen LogP contribution in [0.1, 0.15) is 10.6 Å². The van der Waals surface area contributed by atoms with E-state index < -0.39 is 0 Å². The maximum Gasteiger partial charge on any atom is 0.108 e. The molecule has 1 N–H and O–H groups in total. The zero-order chi connectivity index (χ0) is 10.7. The first-order valence-electron chi connectivity index (χ1n) is 4.80. The van der Waals surface area contributed by atoms with Crippen molar-refractivity contribution < 1.29 is 0 Å². The standard InChI is InChI=1S/C12H12N2S/c1-3-6-13-8-12-14-10-7-9(2)4-5-11(10)15-12/h1,4-5,7,13H,6,8H2,2H3. The van der Waals surface area contributed by atoms with Crippen molar-refractivity contribution in [3.63, 3.8) is 0 Å². The van der Waals surface area contributed by atoms with Gasteiger partial charge in [-0.1, -0.05) is 12.0 Å². The molecule has 0 aliphatic carbocycles. The highest BCUT2D eigenvalue weighted by molar-refractivity contribution is 7.18. The lowest BCUT2D eigenvalue weighted by atomic mass is 10.2. The van der Waals surface area contributed by atoms with Gasteiger partial charge in [-0.05, 0) is 24.6 Å². The van der Waals surface area contributed by atoms with Gasteiger partial charge in [0.25, 0.3) is 0 Å².